The van der Waals surface area contributed by atoms with Crippen molar-refractivity contribution in [3.63, 3.8) is 0 Å². The number of pyridine rings is 1. The van der Waals surface area contributed by atoms with Gasteiger partial charge in [-0.1, -0.05) is 29.3 Å². The highest BCUT2D eigenvalue weighted by Crippen LogP contribution is 2.36. The minimum atomic E-state index is -5.05. The van der Waals surface area contributed by atoms with E-state index in [4.69, 9.17) is 11.6 Å². The van der Waals surface area contributed by atoms with Gasteiger partial charge in [-0.3, -0.25) is 24.3 Å². The second-order valence-electron chi connectivity index (χ2n) is 8.93. The number of hydrogen-bond donors (Lipinski definition) is 2. The van der Waals surface area contributed by atoms with Gasteiger partial charge in [0.15, 0.2) is 5.54 Å². The maximum atomic E-state index is 14.2. The second kappa shape index (κ2) is 11.0. The molecule has 0 unspecified atom stereocenters. The Kier molecular flexibility index (Phi) is 8.41. The molecule has 13 heteroatoms. The number of aryl methyl sites for hydroxylation is 1. The fourth-order valence-electron chi connectivity index (χ4n) is 4.27. The van der Waals surface area contributed by atoms with Crippen LogP contribution in [-0.2, 0) is 19.9 Å². The SMILES string of the molecule is Cc1ccc(N(C(=O)[C@H](F)Cl)[C@@](C)(C(=O)N[C@@H]2CC[C@H](NC(=O)C(F)(F)F)C2)c2cncc(F)c2)cc1. The molecule has 37 heavy (non-hydrogen) atoms. The van der Waals surface area contributed by atoms with Crippen LogP contribution in [0.2, 0.25) is 0 Å². The molecule has 0 bridgehead atoms. The Bertz CT molecular complexity index is 1160. The van der Waals surface area contributed by atoms with Gasteiger partial charge in [0.2, 0.25) is 0 Å². The molecule has 0 radical (unpaired) electrons. The Labute approximate surface area is 214 Å². The number of nitrogens with zero attached hydrogens (tertiary/aromatic N) is 2. The van der Waals surface area contributed by atoms with E-state index in [9.17, 15) is 36.3 Å². The molecule has 0 aliphatic heterocycles. The van der Waals surface area contributed by atoms with Crippen LogP contribution in [-0.4, -0.2) is 46.6 Å². The van der Waals surface area contributed by atoms with Crippen LogP contribution in [0.5, 0.6) is 0 Å². The van der Waals surface area contributed by atoms with E-state index in [1.165, 1.54) is 19.1 Å². The van der Waals surface area contributed by atoms with Gasteiger partial charge < -0.3 is 10.6 Å². The summed E-state index contributed by atoms with van der Waals surface area (Å²) in [5.74, 6) is -5.09. The maximum Gasteiger partial charge on any atom is 0.471 e. The number of carbonyl (C=O) groups is 3. The number of carbonyl (C=O) groups excluding carboxylic acids is 3. The number of aromatic nitrogens is 1. The summed E-state index contributed by atoms with van der Waals surface area (Å²) >= 11 is 5.50. The standard InChI is InChI=1S/C24H24ClF5N4O3/c1-13-3-7-18(8-4-13)34(20(35)19(25)27)23(2,14-9-15(26)12-31-11-14)21(36)32-16-5-6-17(10-16)33-22(37)24(28,29)30/h3-4,7-9,11-12,16-17,19H,5-6,10H2,1-2H3,(H,32,36)(H,33,37)/t16-,17+,19+,23-/m1/s1. The first-order chi connectivity index (χ1) is 17.2. The largest absolute Gasteiger partial charge is 0.471 e. The molecular weight excluding hydrogens is 523 g/mol. The van der Waals surface area contributed by atoms with Crippen molar-refractivity contribution < 1.29 is 36.3 Å². The monoisotopic (exact) mass is 546 g/mol. The molecule has 0 spiro atoms. The predicted octanol–water partition coefficient (Wildman–Crippen LogP) is 4.03. The van der Waals surface area contributed by atoms with Crippen molar-refractivity contribution in [3.05, 3.63) is 59.7 Å². The Hall–Kier alpha value is -3.28. The molecule has 1 aromatic heterocycles. The number of alkyl halides is 5. The van der Waals surface area contributed by atoms with E-state index in [0.29, 0.717) is 0 Å². The van der Waals surface area contributed by atoms with E-state index in [1.807, 2.05) is 5.32 Å². The zero-order valence-electron chi connectivity index (χ0n) is 19.8. The highest BCUT2D eigenvalue weighted by molar-refractivity contribution is 6.32. The van der Waals surface area contributed by atoms with Gasteiger partial charge in [0.25, 0.3) is 17.4 Å². The van der Waals surface area contributed by atoms with Gasteiger partial charge in [0, 0.05) is 29.5 Å². The van der Waals surface area contributed by atoms with Crippen molar-refractivity contribution in [2.24, 2.45) is 0 Å². The molecule has 3 rings (SSSR count). The maximum absolute atomic E-state index is 14.2. The molecule has 4 atom stereocenters. The molecule has 1 aliphatic carbocycles. The van der Waals surface area contributed by atoms with E-state index in [2.05, 4.69) is 10.3 Å². The van der Waals surface area contributed by atoms with Gasteiger partial charge in [0.1, 0.15) is 5.82 Å². The van der Waals surface area contributed by atoms with E-state index in [1.54, 1.807) is 19.1 Å². The number of benzene rings is 1. The third-order valence-electron chi connectivity index (χ3n) is 6.22. The Morgan fingerprint density at radius 2 is 1.62 bits per heavy atom. The van der Waals surface area contributed by atoms with Crippen LogP contribution >= 0.6 is 11.6 Å². The predicted molar refractivity (Wildman–Crippen MR) is 125 cm³/mol. The van der Waals surface area contributed by atoms with Crippen LogP contribution in [0, 0.1) is 12.7 Å². The molecule has 3 amide bonds. The van der Waals surface area contributed by atoms with Gasteiger partial charge >= 0.3 is 12.1 Å². The van der Waals surface area contributed by atoms with Crippen LogP contribution in [0.15, 0.2) is 42.7 Å². The number of amides is 3. The number of hydrogen-bond acceptors (Lipinski definition) is 4. The fourth-order valence-corrected chi connectivity index (χ4v) is 4.37. The van der Waals surface area contributed by atoms with Crippen LogP contribution in [0.4, 0.5) is 27.6 Å². The first-order valence-corrected chi connectivity index (χ1v) is 11.7. The molecule has 1 fully saturated rings. The van der Waals surface area contributed by atoms with Gasteiger partial charge in [-0.25, -0.2) is 8.78 Å². The fraction of sp³-hybridized carbons (Fsp3) is 0.417. The van der Waals surface area contributed by atoms with E-state index in [0.717, 1.165) is 28.9 Å². The molecule has 1 heterocycles. The van der Waals surface area contributed by atoms with E-state index in [-0.39, 0.29) is 30.5 Å². The van der Waals surface area contributed by atoms with Gasteiger partial charge in [-0.15, -0.1) is 0 Å². The molecule has 2 aromatic rings. The zero-order valence-corrected chi connectivity index (χ0v) is 20.5. The highest BCUT2D eigenvalue weighted by Gasteiger charge is 2.48. The highest BCUT2D eigenvalue weighted by atomic mass is 35.5. The zero-order chi connectivity index (χ0) is 27.5. The molecule has 0 saturated heterocycles. The minimum Gasteiger partial charge on any atom is -0.351 e. The summed E-state index contributed by atoms with van der Waals surface area (Å²) in [6, 6.07) is 5.57. The minimum absolute atomic E-state index is 0.0231. The Morgan fingerprint density at radius 3 is 2.14 bits per heavy atom. The van der Waals surface area contributed by atoms with Crippen molar-refractivity contribution in [3.8, 4) is 0 Å². The van der Waals surface area contributed by atoms with Gasteiger partial charge in [-0.05, 0) is 51.3 Å². The summed E-state index contributed by atoms with van der Waals surface area (Å²) in [6.07, 6.45) is -2.69. The van der Waals surface area contributed by atoms with Gasteiger partial charge in [-0.2, -0.15) is 13.2 Å². The van der Waals surface area contributed by atoms with Gasteiger partial charge in [0.05, 0.1) is 6.20 Å². The van der Waals surface area contributed by atoms with E-state index >= 15 is 0 Å². The quantitative estimate of drug-likeness (QED) is 0.405. The van der Waals surface area contributed by atoms with Crippen molar-refractivity contribution in [2.75, 3.05) is 4.90 Å². The first-order valence-electron chi connectivity index (χ1n) is 11.2. The first kappa shape index (κ1) is 28.3. The van der Waals surface area contributed by atoms with Crippen molar-refractivity contribution in [1.82, 2.24) is 15.6 Å². The lowest BCUT2D eigenvalue weighted by molar-refractivity contribution is -0.174. The molecule has 1 aliphatic rings. The summed E-state index contributed by atoms with van der Waals surface area (Å²) < 4.78 is 66.2. The summed E-state index contributed by atoms with van der Waals surface area (Å²) in [6.45, 7) is 3.03. The average molecular weight is 547 g/mol. The Morgan fingerprint density at radius 1 is 1.05 bits per heavy atom. The second-order valence-corrected chi connectivity index (χ2v) is 9.31. The summed E-state index contributed by atoms with van der Waals surface area (Å²) in [5, 5.41) is 4.53. The third-order valence-corrected chi connectivity index (χ3v) is 6.40. The summed E-state index contributed by atoms with van der Waals surface area (Å²) in [5.41, 5.74) is -3.84. The topological polar surface area (TPSA) is 91.4 Å². The lowest BCUT2D eigenvalue weighted by Crippen LogP contribution is -2.59. The molecular formula is C24H24ClF5N4O3. The van der Waals surface area contributed by atoms with Crippen LogP contribution in [0.3, 0.4) is 0 Å². The summed E-state index contributed by atoms with van der Waals surface area (Å²) in [4.78, 5) is 42.6. The number of halogens is 6. The normalized spacial score (nSPS) is 20.0. The molecule has 200 valence electrons. The number of rotatable bonds is 7. The van der Waals surface area contributed by atoms with Crippen LogP contribution in [0.1, 0.15) is 37.3 Å². The summed E-state index contributed by atoms with van der Waals surface area (Å²) in [7, 11) is 0. The lowest BCUT2D eigenvalue weighted by atomic mass is 9.88. The number of anilines is 1. The molecule has 1 saturated carbocycles. The van der Waals surface area contributed by atoms with Crippen LogP contribution < -0.4 is 15.5 Å². The van der Waals surface area contributed by atoms with Crippen molar-refractivity contribution in [2.45, 2.75) is 62.5 Å². The molecule has 1 aromatic carbocycles. The average Bonchev–Trinajstić information content (AvgIpc) is 3.26. The van der Waals surface area contributed by atoms with E-state index < -0.39 is 53.0 Å². The third kappa shape index (κ3) is 6.35. The van der Waals surface area contributed by atoms with Crippen LogP contribution in [0.25, 0.3) is 0 Å². The number of nitrogens with one attached hydrogen (secondary N) is 2. The smallest absolute Gasteiger partial charge is 0.351 e. The lowest BCUT2D eigenvalue weighted by Gasteiger charge is -2.41. The van der Waals surface area contributed by atoms with Crippen molar-refractivity contribution >= 4 is 35.0 Å². The molecule has 2 N–H and O–H groups in total. The molecule has 7 nitrogen and oxygen atoms in total. The Balaban J connectivity index is 1.98. The van der Waals surface area contributed by atoms with Crippen molar-refractivity contribution in [1.29, 1.82) is 0 Å².